The molecular formula is C13H19N3O3S. The van der Waals surface area contributed by atoms with Crippen molar-refractivity contribution < 1.29 is 13.2 Å². The number of nitrogens with zero attached hydrogens (tertiary/aromatic N) is 3. The van der Waals surface area contributed by atoms with E-state index in [0.29, 0.717) is 11.3 Å². The highest BCUT2D eigenvalue weighted by atomic mass is 32.2. The summed E-state index contributed by atoms with van der Waals surface area (Å²) >= 11 is 0. The number of hydrogen-bond donors (Lipinski definition) is 0. The second-order valence-electron chi connectivity index (χ2n) is 4.69. The monoisotopic (exact) mass is 297 g/mol. The fraction of sp³-hybridized carbons (Fsp3) is 0.462. The summed E-state index contributed by atoms with van der Waals surface area (Å²) in [5.74, 6) is 1.35. The predicted molar refractivity (Wildman–Crippen MR) is 76.6 cm³/mol. The molecule has 0 fully saturated rings. The molecule has 0 amide bonds. The molecule has 0 bridgehead atoms. The number of ether oxygens (including phenoxy) is 1. The molecule has 0 aliphatic carbocycles. The molecule has 0 saturated heterocycles. The van der Waals surface area contributed by atoms with E-state index in [4.69, 9.17) is 4.74 Å². The zero-order chi connectivity index (χ0) is 14.9. The zero-order valence-electron chi connectivity index (χ0n) is 12.1. The Morgan fingerprint density at radius 2 is 2.10 bits per heavy atom. The highest BCUT2D eigenvalue weighted by molar-refractivity contribution is 7.89. The van der Waals surface area contributed by atoms with Gasteiger partial charge in [0.05, 0.1) is 12.6 Å². The van der Waals surface area contributed by atoms with Crippen LogP contribution in [-0.2, 0) is 16.4 Å². The third kappa shape index (κ3) is 2.38. The predicted octanol–water partition coefficient (Wildman–Crippen LogP) is 1.55. The SMILES string of the molecule is CCCc1nc(S(=O)(=O)N(C)C)c2cc(OC)ccn12. The van der Waals surface area contributed by atoms with Gasteiger partial charge in [0.1, 0.15) is 11.6 Å². The highest BCUT2D eigenvalue weighted by Crippen LogP contribution is 2.24. The van der Waals surface area contributed by atoms with Crippen molar-refractivity contribution in [3.63, 3.8) is 0 Å². The Hall–Kier alpha value is -1.60. The van der Waals surface area contributed by atoms with Gasteiger partial charge in [-0.2, -0.15) is 0 Å². The fourth-order valence-electron chi connectivity index (χ4n) is 1.99. The topological polar surface area (TPSA) is 63.9 Å². The number of sulfonamides is 1. The molecule has 2 aromatic rings. The Morgan fingerprint density at radius 1 is 1.40 bits per heavy atom. The van der Waals surface area contributed by atoms with Crippen LogP contribution in [0.1, 0.15) is 19.2 Å². The van der Waals surface area contributed by atoms with Gasteiger partial charge in [-0.25, -0.2) is 17.7 Å². The van der Waals surface area contributed by atoms with E-state index in [2.05, 4.69) is 4.98 Å². The van der Waals surface area contributed by atoms with Gasteiger partial charge in [-0.1, -0.05) is 6.92 Å². The Kier molecular flexibility index (Phi) is 4.01. The molecule has 0 saturated carbocycles. The van der Waals surface area contributed by atoms with E-state index in [-0.39, 0.29) is 5.03 Å². The second kappa shape index (κ2) is 5.41. The maximum atomic E-state index is 12.4. The van der Waals surface area contributed by atoms with Gasteiger partial charge in [0.2, 0.25) is 0 Å². The molecule has 2 heterocycles. The maximum absolute atomic E-state index is 12.4. The largest absolute Gasteiger partial charge is 0.497 e. The van der Waals surface area contributed by atoms with Gasteiger partial charge in [-0.05, 0) is 12.5 Å². The average molecular weight is 297 g/mol. The van der Waals surface area contributed by atoms with E-state index < -0.39 is 10.0 Å². The van der Waals surface area contributed by atoms with Crippen LogP contribution in [0.3, 0.4) is 0 Å². The van der Waals surface area contributed by atoms with Gasteiger partial charge >= 0.3 is 0 Å². The standard InChI is InChI=1S/C13H19N3O3S/c1-5-6-12-14-13(20(17,18)15(2)3)11-9-10(19-4)7-8-16(11)12/h7-9H,5-6H2,1-4H3. The van der Waals surface area contributed by atoms with Crippen LogP contribution in [0.2, 0.25) is 0 Å². The molecule has 20 heavy (non-hydrogen) atoms. The third-order valence-corrected chi connectivity index (χ3v) is 4.84. The Labute approximate surface area is 119 Å². The average Bonchev–Trinajstić information content (AvgIpc) is 2.77. The maximum Gasteiger partial charge on any atom is 0.262 e. The first-order valence-corrected chi connectivity index (χ1v) is 7.83. The summed E-state index contributed by atoms with van der Waals surface area (Å²) in [5.41, 5.74) is 0.543. The number of rotatable bonds is 5. The summed E-state index contributed by atoms with van der Waals surface area (Å²) in [4.78, 5) is 4.33. The van der Waals surface area contributed by atoms with Crippen molar-refractivity contribution in [1.29, 1.82) is 0 Å². The number of hydrogen-bond acceptors (Lipinski definition) is 4. The van der Waals surface area contributed by atoms with E-state index in [9.17, 15) is 8.42 Å². The molecule has 0 aromatic carbocycles. The Balaban J connectivity index is 2.76. The van der Waals surface area contributed by atoms with Crippen molar-refractivity contribution in [3.8, 4) is 5.75 Å². The summed E-state index contributed by atoms with van der Waals surface area (Å²) in [5, 5.41) is 0.0739. The quantitative estimate of drug-likeness (QED) is 0.840. The zero-order valence-corrected chi connectivity index (χ0v) is 12.9. The number of aryl methyl sites for hydroxylation is 1. The first kappa shape index (κ1) is 14.8. The second-order valence-corrected chi connectivity index (χ2v) is 6.76. The van der Waals surface area contributed by atoms with E-state index in [1.54, 1.807) is 25.4 Å². The lowest BCUT2D eigenvalue weighted by atomic mass is 10.3. The van der Waals surface area contributed by atoms with Crippen LogP contribution < -0.4 is 4.74 Å². The number of pyridine rings is 1. The molecule has 0 atom stereocenters. The van der Waals surface area contributed by atoms with Crippen LogP contribution in [0.4, 0.5) is 0 Å². The highest BCUT2D eigenvalue weighted by Gasteiger charge is 2.25. The van der Waals surface area contributed by atoms with Gasteiger partial charge in [-0.15, -0.1) is 0 Å². The van der Waals surface area contributed by atoms with Crippen LogP contribution >= 0.6 is 0 Å². The molecule has 110 valence electrons. The van der Waals surface area contributed by atoms with Crippen LogP contribution in [0.25, 0.3) is 5.52 Å². The molecule has 0 unspecified atom stereocenters. The van der Waals surface area contributed by atoms with Crippen molar-refractivity contribution in [3.05, 3.63) is 24.2 Å². The molecule has 6 nitrogen and oxygen atoms in total. The lowest BCUT2D eigenvalue weighted by Crippen LogP contribution is -2.22. The summed E-state index contributed by atoms with van der Waals surface area (Å²) in [6, 6.07) is 3.49. The Bertz CT molecular complexity index is 720. The number of methoxy groups -OCH3 is 1. The number of aromatic nitrogens is 2. The molecule has 0 aliphatic heterocycles. The van der Waals surface area contributed by atoms with Crippen molar-refractivity contribution in [2.45, 2.75) is 24.8 Å². The van der Waals surface area contributed by atoms with Gasteiger partial charge in [0.25, 0.3) is 10.0 Å². The van der Waals surface area contributed by atoms with Crippen molar-refractivity contribution >= 4 is 15.5 Å². The lowest BCUT2D eigenvalue weighted by Gasteiger charge is -2.09. The van der Waals surface area contributed by atoms with Crippen molar-refractivity contribution in [2.24, 2.45) is 0 Å². The number of imidazole rings is 1. The molecule has 2 aromatic heterocycles. The molecule has 0 spiro atoms. The van der Waals surface area contributed by atoms with Gasteiger partial charge in [0, 0.05) is 32.8 Å². The minimum Gasteiger partial charge on any atom is -0.497 e. The smallest absolute Gasteiger partial charge is 0.262 e. The van der Waals surface area contributed by atoms with E-state index >= 15 is 0 Å². The van der Waals surface area contributed by atoms with Gasteiger partial charge in [-0.3, -0.25) is 0 Å². The minimum absolute atomic E-state index is 0.0739. The van der Waals surface area contributed by atoms with Crippen LogP contribution in [0, 0.1) is 0 Å². The molecular weight excluding hydrogens is 278 g/mol. The Morgan fingerprint density at radius 3 is 2.65 bits per heavy atom. The van der Waals surface area contributed by atoms with Gasteiger partial charge < -0.3 is 9.14 Å². The summed E-state index contributed by atoms with van der Waals surface area (Å²) in [6.45, 7) is 2.03. The van der Waals surface area contributed by atoms with Crippen LogP contribution in [0.5, 0.6) is 5.75 Å². The molecule has 2 rings (SSSR count). The van der Waals surface area contributed by atoms with Crippen LogP contribution in [0.15, 0.2) is 23.4 Å². The molecule has 0 radical (unpaired) electrons. The summed E-state index contributed by atoms with van der Waals surface area (Å²) in [6.07, 6.45) is 3.41. The van der Waals surface area contributed by atoms with Crippen LogP contribution in [-0.4, -0.2) is 43.3 Å². The first-order chi connectivity index (χ1) is 9.41. The van der Waals surface area contributed by atoms with Crippen molar-refractivity contribution in [2.75, 3.05) is 21.2 Å². The first-order valence-electron chi connectivity index (χ1n) is 6.39. The number of fused-ring (bicyclic) bond motifs is 1. The summed E-state index contributed by atoms with van der Waals surface area (Å²) < 4.78 is 32.9. The lowest BCUT2D eigenvalue weighted by molar-refractivity contribution is 0.414. The van der Waals surface area contributed by atoms with Gasteiger partial charge in [0.15, 0.2) is 5.03 Å². The molecule has 7 heteroatoms. The molecule has 0 N–H and O–H groups in total. The fourth-order valence-corrected chi connectivity index (χ4v) is 2.98. The molecule has 0 aliphatic rings. The summed E-state index contributed by atoms with van der Waals surface area (Å²) in [7, 11) is 0.971. The van der Waals surface area contributed by atoms with E-state index in [1.807, 2.05) is 11.3 Å². The van der Waals surface area contributed by atoms with E-state index in [0.717, 1.165) is 18.7 Å². The van der Waals surface area contributed by atoms with Crippen molar-refractivity contribution in [1.82, 2.24) is 13.7 Å². The third-order valence-electron chi connectivity index (χ3n) is 3.09. The van der Waals surface area contributed by atoms with E-state index in [1.165, 1.54) is 18.4 Å². The minimum atomic E-state index is -3.58. The normalized spacial score (nSPS) is 12.2.